The summed E-state index contributed by atoms with van der Waals surface area (Å²) in [6.07, 6.45) is 4.02. The van der Waals surface area contributed by atoms with Crippen molar-refractivity contribution >= 4 is 24.0 Å². The molecule has 0 amide bonds. The van der Waals surface area contributed by atoms with Crippen molar-refractivity contribution in [3.8, 4) is 5.75 Å². The Hall–Kier alpha value is -0.440. The van der Waals surface area contributed by atoms with Gasteiger partial charge in [0, 0.05) is 17.6 Å². The van der Waals surface area contributed by atoms with E-state index in [0.717, 1.165) is 23.9 Å². The van der Waals surface area contributed by atoms with Crippen LogP contribution in [0.4, 0.5) is 0 Å². The molecule has 102 valence electrons. The molecule has 0 bridgehead atoms. The quantitative estimate of drug-likeness (QED) is 0.830. The summed E-state index contributed by atoms with van der Waals surface area (Å²) in [6, 6.07) is 8.27. The molecule has 0 aromatic heterocycles. The van der Waals surface area contributed by atoms with Crippen molar-refractivity contribution in [2.45, 2.75) is 32.2 Å². The maximum absolute atomic E-state index is 5.82. The summed E-state index contributed by atoms with van der Waals surface area (Å²) in [5, 5.41) is 0.752. The van der Waals surface area contributed by atoms with Crippen molar-refractivity contribution in [3.63, 3.8) is 0 Å². The number of hydrogen-bond acceptors (Lipinski definition) is 2. The van der Waals surface area contributed by atoms with E-state index >= 15 is 0 Å². The van der Waals surface area contributed by atoms with Crippen LogP contribution in [-0.4, -0.2) is 30.6 Å². The lowest BCUT2D eigenvalue weighted by molar-refractivity contribution is 0.133. The highest BCUT2D eigenvalue weighted by Gasteiger charge is 2.17. The second-order valence-electron chi connectivity index (χ2n) is 4.68. The first kappa shape index (κ1) is 15.6. The SMILES string of the molecule is C[C@H]1CCCCN1CCOc1ccc(Cl)cc1.Cl. The van der Waals surface area contributed by atoms with E-state index in [1.807, 2.05) is 24.3 Å². The highest BCUT2D eigenvalue weighted by molar-refractivity contribution is 6.30. The molecule has 0 aliphatic carbocycles. The standard InChI is InChI=1S/C14H20ClNO.ClH/c1-12-4-2-3-9-16(12)10-11-17-14-7-5-13(15)6-8-14;/h5-8,12H,2-4,9-11H2,1H3;1H/t12-;/m0./s1. The van der Waals surface area contributed by atoms with E-state index in [1.165, 1.54) is 25.8 Å². The molecule has 1 heterocycles. The summed E-state index contributed by atoms with van der Waals surface area (Å²) < 4.78 is 5.71. The highest BCUT2D eigenvalue weighted by atomic mass is 35.5. The molecular weight excluding hydrogens is 269 g/mol. The van der Waals surface area contributed by atoms with Crippen LogP contribution in [0.25, 0.3) is 0 Å². The lowest BCUT2D eigenvalue weighted by atomic mass is 10.0. The smallest absolute Gasteiger partial charge is 0.119 e. The number of halogens is 2. The van der Waals surface area contributed by atoms with Crippen LogP contribution in [0.5, 0.6) is 5.75 Å². The van der Waals surface area contributed by atoms with Gasteiger partial charge >= 0.3 is 0 Å². The van der Waals surface area contributed by atoms with Gasteiger partial charge in [-0.15, -0.1) is 12.4 Å². The molecule has 1 aliphatic heterocycles. The molecule has 0 radical (unpaired) electrons. The molecule has 1 saturated heterocycles. The summed E-state index contributed by atoms with van der Waals surface area (Å²) in [4.78, 5) is 2.51. The van der Waals surface area contributed by atoms with Crippen LogP contribution in [0.2, 0.25) is 5.02 Å². The van der Waals surface area contributed by atoms with Gasteiger partial charge in [-0.1, -0.05) is 18.0 Å². The molecule has 18 heavy (non-hydrogen) atoms. The van der Waals surface area contributed by atoms with Crippen LogP contribution >= 0.6 is 24.0 Å². The number of ether oxygens (including phenoxy) is 1. The number of likely N-dealkylation sites (tertiary alicyclic amines) is 1. The maximum Gasteiger partial charge on any atom is 0.119 e. The van der Waals surface area contributed by atoms with Gasteiger partial charge < -0.3 is 4.74 Å². The Bertz CT molecular complexity index is 342. The normalized spacial score (nSPS) is 20.2. The Morgan fingerprint density at radius 1 is 1.28 bits per heavy atom. The van der Waals surface area contributed by atoms with E-state index in [4.69, 9.17) is 16.3 Å². The molecule has 1 aromatic carbocycles. The first-order valence-electron chi connectivity index (χ1n) is 6.38. The molecule has 2 rings (SSSR count). The fourth-order valence-corrected chi connectivity index (χ4v) is 2.43. The average Bonchev–Trinajstić information content (AvgIpc) is 2.34. The zero-order valence-electron chi connectivity index (χ0n) is 10.8. The van der Waals surface area contributed by atoms with Gasteiger partial charge in [0.15, 0.2) is 0 Å². The molecular formula is C14H21Cl2NO. The third-order valence-electron chi connectivity index (χ3n) is 3.40. The zero-order valence-corrected chi connectivity index (χ0v) is 12.3. The largest absolute Gasteiger partial charge is 0.492 e. The van der Waals surface area contributed by atoms with Crippen LogP contribution in [0, 0.1) is 0 Å². The van der Waals surface area contributed by atoms with E-state index in [-0.39, 0.29) is 12.4 Å². The van der Waals surface area contributed by atoms with Gasteiger partial charge in [-0.3, -0.25) is 4.90 Å². The van der Waals surface area contributed by atoms with Gasteiger partial charge in [0.1, 0.15) is 12.4 Å². The van der Waals surface area contributed by atoms with Crippen molar-refractivity contribution in [2.24, 2.45) is 0 Å². The number of nitrogens with zero attached hydrogens (tertiary/aromatic N) is 1. The molecule has 2 nitrogen and oxygen atoms in total. The van der Waals surface area contributed by atoms with Crippen LogP contribution in [-0.2, 0) is 0 Å². The summed E-state index contributed by atoms with van der Waals surface area (Å²) in [7, 11) is 0. The third-order valence-corrected chi connectivity index (χ3v) is 3.65. The second-order valence-corrected chi connectivity index (χ2v) is 5.12. The number of rotatable bonds is 4. The Labute approximate surface area is 121 Å². The molecule has 0 saturated carbocycles. The molecule has 1 atom stereocenters. The highest BCUT2D eigenvalue weighted by Crippen LogP contribution is 2.17. The molecule has 0 spiro atoms. The van der Waals surface area contributed by atoms with Gasteiger partial charge in [0.2, 0.25) is 0 Å². The number of benzene rings is 1. The van der Waals surface area contributed by atoms with Crippen LogP contribution in [0.1, 0.15) is 26.2 Å². The van der Waals surface area contributed by atoms with Crippen LogP contribution in [0.3, 0.4) is 0 Å². The zero-order chi connectivity index (χ0) is 12.1. The molecule has 4 heteroatoms. The molecule has 1 aromatic rings. The van der Waals surface area contributed by atoms with Crippen molar-refractivity contribution in [3.05, 3.63) is 29.3 Å². The third kappa shape index (κ3) is 4.68. The maximum atomic E-state index is 5.82. The predicted molar refractivity (Wildman–Crippen MR) is 79.1 cm³/mol. The first-order chi connectivity index (χ1) is 8.25. The number of hydrogen-bond donors (Lipinski definition) is 0. The lowest BCUT2D eigenvalue weighted by Gasteiger charge is -2.33. The van der Waals surface area contributed by atoms with Gasteiger partial charge in [0.05, 0.1) is 0 Å². The Balaban J connectivity index is 0.00000162. The Morgan fingerprint density at radius 3 is 2.67 bits per heavy atom. The summed E-state index contributed by atoms with van der Waals surface area (Å²) in [6.45, 7) is 5.29. The van der Waals surface area contributed by atoms with E-state index in [1.54, 1.807) is 0 Å². The van der Waals surface area contributed by atoms with Gasteiger partial charge in [0.25, 0.3) is 0 Å². The minimum Gasteiger partial charge on any atom is -0.492 e. The minimum atomic E-state index is 0. The predicted octanol–water partition coefficient (Wildman–Crippen LogP) is 4.02. The fourth-order valence-electron chi connectivity index (χ4n) is 2.30. The van der Waals surface area contributed by atoms with Crippen LogP contribution < -0.4 is 4.74 Å². The summed E-state index contributed by atoms with van der Waals surface area (Å²) in [5.41, 5.74) is 0. The Kier molecular flexibility index (Phi) is 6.83. The van der Waals surface area contributed by atoms with E-state index < -0.39 is 0 Å². The molecule has 0 N–H and O–H groups in total. The van der Waals surface area contributed by atoms with Crippen molar-refractivity contribution in [2.75, 3.05) is 19.7 Å². The van der Waals surface area contributed by atoms with E-state index in [0.29, 0.717) is 6.04 Å². The van der Waals surface area contributed by atoms with Crippen LogP contribution in [0.15, 0.2) is 24.3 Å². The molecule has 1 aliphatic rings. The Morgan fingerprint density at radius 2 is 2.00 bits per heavy atom. The summed E-state index contributed by atoms with van der Waals surface area (Å²) in [5.74, 6) is 0.902. The monoisotopic (exact) mass is 289 g/mol. The van der Waals surface area contributed by atoms with E-state index in [2.05, 4.69) is 11.8 Å². The molecule has 1 fully saturated rings. The minimum absolute atomic E-state index is 0. The van der Waals surface area contributed by atoms with Crippen molar-refractivity contribution in [1.29, 1.82) is 0 Å². The summed E-state index contributed by atoms with van der Waals surface area (Å²) >= 11 is 5.82. The van der Waals surface area contributed by atoms with Gasteiger partial charge in [-0.2, -0.15) is 0 Å². The van der Waals surface area contributed by atoms with Gasteiger partial charge in [-0.25, -0.2) is 0 Å². The topological polar surface area (TPSA) is 12.5 Å². The molecule has 0 unspecified atom stereocenters. The average molecular weight is 290 g/mol. The second kappa shape index (κ2) is 7.88. The number of piperidine rings is 1. The first-order valence-corrected chi connectivity index (χ1v) is 6.76. The van der Waals surface area contributed by atoms with Crippen molar-refractivity contribution < 1.29 is 4.74 Å². The fraction of sp³-hybridized carbons (Fsp3) is 0.571. The van der Waals surface area contributed by atoms with Gasteiger partial charge in [-0.05, 0) is 50.6 Å². The van der Waals surface area contributed by atoms with Crippen molar-refractivity contribution in [1.82, 2.24) is 4.90 Å². The lowest BCUT2D eigenvalue weighted by Crippen LogP contribution is -2.39. The van der Waals surface area contributed by atoms with E-state index in [9.17, 15) is 0 Å².